The Morgan fingerprint density at radius 3 is 2.47 bits per heavy atom. The van der Waals surface area contributed by atoms with Gasteiger partial charge in [-0.1, -0.05) is 48.5 Å². The summed E-state index contributed by atoms with van der Waals surface area (Å²) in [7, 11) is 0. The van der Waals surface area contributed by atoms with E-state index in [-0.39, 0.29) is 5.91 Å². The number of nitrogens with zero attached hydrogens (tertiary/aromatic N) is 3. The van der Waals surface area contributed by atoms with Gasteiger partial charge in [-0.3, -0.25) is 9.78 Å². The van der Waals surface area contributed by atoms with Crippen molar-refractivity contribution in [2.75, 3.05) is 6.54 Å². The van der Waals surface area contributed by atoms with Gasteiger partial charge in [-0.05, 0) is 42.3 Å². The van der Waals surface area contributed by atoms with Crippen LogP contribution >= 0.6 is 0 Å². The number of amides is 1. The third kappa shape index (κ3) is 4.89. The van der Waals surface area contributed by atoms with Gasteiger partial charge in [0.1, 0.15) is 5.69 Å². The van der Waals surface area contributed by atoms with Crippen molar-refractivity contribution in [3.63, 3.8) is 0 Å². The molecule has 1 N–H and O–H groups in total. The highest BCUT2D eigenvalue weighted by molar-refractivity contribution is 5.92. The summed E-state index contributed by atoms with van der Waals surface area (Å²) in [6, 6.07) is 23.8. The summed E-state index contributed by atoms with van der Waals surface area (Å²) in [6.45, 7) is 0.589. The normalized spacial score (nSPS) is 10.9. The maximum atomic E-state index is 12.3. The predicted molar refractivity (Wildman–Crippen MR) is 119 cm³/mol. The number of benzene rings is 2. The third-order valence-corrected chi connectivity index (χ3v) is 4.67. The molecule has 148 valence electrons. The smallest absolute Gasteiger partial charge is 0.244 e. The molecule has 0 unspecified atom stereocenters. The average molecular weight is 394 g/mol. The van der Waals surface area contributed by atoms with E-state index in [0.29, 0.717) is 6.54 Å². The molecule has 2 heterocycles. The van der Waals surface area contributed by atoms with Crippen LogP contribution in [0.15, 0.2) is 97.5 Å². The minimum absolute atomic E-state index is 0.129. The zero-order chi connectivity index (χ0) is 20.6. The number of pyridine rings is 1. The molecule has 4 rings (SSSR count). The van der Waals surface area contributed by atoms with Gasteiger partial charge in [0, 0.05) is 42.3 Å². The van der Waals surface area contributed by atoms with Crippen molar-refractivity contribution in [1.29, 1.82) is 0 Å². The Bertz CT molecular complexity index is 1120. The van der Waals surface area contributed by atoms with E-state index in [1.807, 2.05) is 71.5 Å². The standard InChI is InChI=1S/C25H22N4O/c30-24(27-17-15-20-8-3-1-4-9-20)14-13-22-19-29(23-11-5-2-6-12-23)28-25(22)21-10-7-16-26-18-21/h1-14,16,18-19H,15,17H2,(H,27,30)/b14-13+. The summed E-state index contributed by atoms with van der Waals surface area (Å²) in [5.74, 6) is -0.129. The molecule has 0 saturated heterocycles. The molecule has 0 aliphatic carbocycles. The summed E-state index contributed by atoms with van der Waals surface area (Å²) < 4.78 is 1.81. The van der Waals surface area contributed by atoms with Gasteiger partial charge in [0.05, 0.1) is 5.69 Å². The Labute approximate surface area is 175 Å². The van der Waals surface area contributed by atoms with Gasteiger partial charge < -0.3 is 5.32 Å². The molecule has 0 aliphatic rings. The van der Waals surface area contributed by atoms with Crippen LogP contribution in [0.5, 0.6) is 0 Å². The molecule has 0 aliphatic heterocycles. The van der Waals surface area contributed by atoms with Crippen molar-refractivity contribution in [2.24, 2.45) is 0 Å². The minimum Gasteiger partial charge on any atom is -0.352 e. The highest BCUT2D eigenvalue weighted by Gasteiger charge is 2.11. The molecule has 0 spiro atoms. The average Bonchev–Trinajstić information content (AvgIpc) is 3.24. The van der Waals surface area contributed by atoms with Crippen molar-refractivity contribution in [3.8, 4) is 16.9 Å². The number of carbonyl (C=O) groups excluding carboxylic acids is 1. The van der Waals surface area contributed by atoms with Crippen LogP contribution in [0.1, 0.15) is 11.1 Å². The molecule has 1 amide bonds. The topological polar surface area (TPSA) is 59.8 Å². The fourth-order valence-corrected chi connectivity index (χ4v) is 3.15. The first kappa shape index (κ1) is 19.3. The first-order valence-corrected chi connectivity index (χ1v) is 9.85. The maximum Gasteiger partial charge on any atom is 0.244 e. The van der Waals surface area contributed by atoms with Crippen molar-refractivity contribution >= 4 is 12.0 Å². The van der Waals surface area contributed by atoms with Crippen molar-refractivity contribution in [2.45, 2.75) is 6.42 Å². The zero-order valence-electron chi connectivity index (χ0n) is 16.5. The Kier molecular flexibility index (Phi) is 6.11. The van der Waals surface area contributed by atoms with Crippen LogP contribution in [0, 0.1) is 0 Å². The van der Waals surface area contributed by atoms with Gasteiger partial charge >= 0.3 is 0 Å². The van der Waals surface area contributed by atoms with Gasteiger partial charge in [-0.25, -0.2) is 4.68 Å². The summed E-state index contributed by atoms with van der Waals surface area (Å²) in [4.78, 5) is 16.5. The van der Waals surface area contributed by atoms with Crippen LogP contribution in [0.25, 0.3) is 23.0 Å². The van der Waals surface area contributed by atoms with E-state index in [1.54, 1.807) is 24.5 Å². The van der Waals surface area contributed by atoms with E-state index in [2.05, 4.69) is 22.4 Å². The molecule has 30 heavy (non-hydrogen) atoms. The zero-order valence-corrected chi connectivity index (χ0v) is 16.5. The number of carbonyl (C=O) groups is 1. The summed E-state index contributed by atoms with van der Waals surface area (Å²) >= 11 is 0. The molecule has 2 aromatic heterocycles. The molecule has 0 fully saturated rings. The fraction of sp³-hybridized carbons (Fsp3) is 0.0800. The van der Waals surface area contributed by atoms with Crippen LogP contribution in [-0.2, 0) is 11.2 Å². The molecular formula is C25H22N4O. The summed E-state index contributed by atoms with van der Waals surface area (Å²) in [5.41, 5.74) is 4.68. The van der Waals surface area contributed by atoms with Crippen LogP contribution in [0.4, 0.5) is 0 Å². The quantitative estimate of drug-likeness (QED) is 0.475. The highest BCUT2D eigenvalue weighted by Crippen LogP contribution is 2.24. The third-order valence-electron chi connectivity index (χ3n) is 4.67. The predicted octanol–water partition coefficient (Wildman–Crippen LogP) is 4.31. The first-order valence-electron chi connectivity index (χ1n) is 9.85. The van der Waals surface area contributed by atoms with E-state index in [4.69, 9.17) is 5.10 Å². The second kappa shape index (κ2) is 9.47. The van der Waals surface area contributed by atoms with Gasteiger partial charge in [0.2, 0.25) is 5.91 Å². The lowest BCUT2D eigenvalue weighted by Gasteiger charge is -2.02. The Morgan fingerprint density at radius 2 is 1.73 bits per heavy atom. The van der Waals surface area contributed by atoms with Crippen LogP contribution in [0.3, 0.4) is 0 Å². The van der Waals surface area contributed by atoms with E-state index in [9.17, 15) is 4.79 Å². The number of aromatic nitrogens is 3. The molecule has 5 heteroatoms. The maximum absolute atomic E-state index is 12.3. The molecule has 4 aromatic rings. The van der Waals surface area contributed by atoms with Crippen molar-refractivity contribution in [3.05, 3.63) is 109 Å². The van der Waals surface area contributed by atoms with Gasteiger partial charge in [0.15, 0.2) is 0 Å². The SMILES string of the molecule is O=C(/C=C/c1cn(-c2ccccc2)nc1-c1cccnc1)NCCc1ccccc1. The Morgan fingerprint density at radius 1 is 0.967 bits per heavy atom. The number of para-hydroxylation sites is 1. The molecule has 5 nitrogen and oxygen atoms in total. The highest BCUT2D eigenvalue weighted by atomic mass is 16.1. The lowest BCUT2D eigenvalue weighted by Crippen LogP contribution is -2.23. The molecule has 0 saturated carbocycles. The van der Waals surface area contributed by atoms with E-state index in [1.165, 1.54) is 5.56 Å². The van der Waals surface area contributed by atoms with E-state index >= 15 is 0 Å². The van der Waals surface area contributed by atoms with Crippen molar-refractivity contribution in [1.82, 2.24) is 20.1 Å². The lowest BCUT2D eigenvalue weighted by atomic mass is 10.1. The molecule has 0 bridgehead atoms. The lowest BCUT2D eigenvalue weighted by molar-refractivity contribution is -0.116. The Balaban J connectivity index is 1.50. The second-order valence-corrected chi connectivity index (χ2v) is 6.81. The van der Waals surface area contributed by atoms with Gasteiger partial charge in [-0.2, -0.15) is 5.10 Å². The molecular weight excluding hydrogens is 372 g/mol. The van der Waals surface area contributed by atoms with Gasteiger partial charge in [-0.15, -0.1) is 0 Å². The van der Waals surface area contributed by atoms with Gasteiger partial charge in [0.25, 0.3) is 0 Å². The van der Waals surface area contributed by atoms with Crippen LogP contribution in [-0.4, -0.2) is 27.2 Å². The van der Waals surface area contributed by atoms with E-state index < -0.39 is 0 Å². The monoisotopic (exact) mass is 394 g/mol. The molecule has 2 aromatic carbocycles. The number of hydrogen-bond acceptors (Lipinski definition) is 3. The summed E-state index contributed by atoms with van der Waals surface area (Å²) in [6.07, 6.45) is 9.57. The Hall–Kier alpha value is -3.99. The van der Waals surface area contributed by atoms with Crippen LogP contribution < -0.4 is 5.32 Å². The largest absolute Gasteiger partial charge is 0.352 e. The molecule has 0 atom stereocenters. The fourth-order valence-electron chi connectivity index (χ4n) is 3.15. The number of rotatable bonds is 7. The molecule has 0 radical (unpaired) electrons. The minimum atomic E-state index is -0.129. The summed E-state index contributed by atoms with van der Waals surface area (Å²) in [5, 5.41) is 7.66. The number of nitrogens with one attached hydrogen (secondary N) is 1. The number of hydrogen-bond donors (Lipinski definition) is 1. The van der Waals surface area contributed by atoms with Crippen LogP contribution in [0.2, 0.25) is 0 Å². The second-order valence-electron chi connectivity index (χ2n) is 6.81. The van der Waals surface area contributed by atoms with E-state index in [0.717, 1.165) is 28.9 Å². The first-order chi connectivity index (χ1) is 14.8. The van der Waals surface area contributed by atoms with Crippen molar-refractivity contribution < 1.29 is 4.79 Å².